The van der Waals surface area contributed by atoms with Gasteiger partial charge < -0.3 is 5.43 Å². The van der Waals surface area contributed by atoms with Gasteiger partial charge in [-0.1, -0.05) is 16.8 Å². The summed E-state index contributed by atoms with van der Waals surface area (Å²) in [5.74, 6) is -1.20. The normalized spacial score (nSPS) is 10.9. The van der Waals surface area contributed by atoms with Crippen LogP contribution in [0.4, 0.5) is 10.2 Å². The summed E-state index contributed by atoms with van der Waals surface area (Å²) in [5, 5.41) is 10.8. The lowest BCUT2D eigenvalue weighted by Crippen LogP contribution is -2.17. The fourth-order valence-corrected chi connectivity index (χ4v) is 1.96. The van der Waals surface area contributed by atoms with Crippen molar-refractivity contribution in [2.24, 2.45) is 0 Å². The molecule has 1 aromatic carbocycles. The van der Waals surface area contributed by atoms with Gasteiger partial charge in [-0.2, -0.15) is 0 Å². The molecule has 0 aliphatic carbocycles. The molecule has 0 spiro atoms. The van der Waals surface area contributed by atoms with E-state index in [0.29, 0.717) is 0 Å². The van der Waals surface area contributed by atoms with Gasteiger partial charge in [0.15, 0.2) is 5.69 Å². The second-order valence-electron chi connectivity index (χ2n) is 4.04. The number of aromatic nitrogens is 4. The first-order valence-corrected chi connectivity index (χ1v) is 6.29. The summed E-state index contributed by atoms with van der Waals surface area (Å²) in [5.41, 5.74) is 5.68. The molecule has 3 aromatic rings. The number of rotatable bonds is 4. The lowest BCUT2D eigenvalue weighted by Gasteiger charge is -2.04. The van der Waals surface area contributed by atoms with Gasteiger partial charge in [0, 0.05) is 7.05 Å². The quantitative estimate of drug-likeness (QED) is 0.688. The van der Waals surface area contributed by atoms with Crippen molar-refractivity contribution in [1.29, 1.82) is 0 Å². The summed E-state index contributed by atoms with van der Waals surface area (Å²) in [6.07, 6.45) is 0. The van der Waals surface area contributed by atoms with Crippen molar-refractivity contribution in [3.05, 3.63) is 39.6 Å². The Hall–Kier alpha value is -2.72. The lowest BCUT2D eigenvalue weighted by molar-refractivity contribution is 0.309. The van der Waals surface area contributed by atoms with Gasteiger partial charge in [0.2, 0.25) is 11.6 Å². The van der Waals surface area contributed by atoms with Crippen molar-refractivity contribution in [3.63, 3.8) is 0 Å². The van der Waals surface area contributed by atoms with E-state index in [1.54, 1.807) is 7.05 Å². The number of hydrazine groups is 1. The summed E-state index contributed by atoms with van der Waals surface area (Å²) >= 11 is 5.73. The molecule has 0 radical (unpaired) electrons. The maximum absolute atomic E-state index is 13.3. The van der Waals surface area contributed by atoms with Crippen molar-refractivity contribution in [2.75, 3.05) is 12.5 Å². The van der Waals surface area contributed by atoms with Gasteiger partial charge in [0.05, 0.1) is 10.7 Å². The molecule has 0 fully saturated rings. The zero-order valence-corrected chi connectivity index (χ0v) is 11.8. The molecule has 2 heterocycles. The van der Waals surface area contributed by atoms with Crippen molar-refractivity contribution in [1.82, 2.24) is 25.5 Å². The molecule has 0 saturated heterocycles. The van der Waals surface area contributed by atoms with Gasteiger partial charge in [0.1, 0.15) is 5.82 Å². The van der Waals surface area contributed by atoms with Crippen LogP contribution in [0.5, 0.6) is 0 Å². The summed E-state index contributed by atoms with van der Waals surface area (Å²) in [4.78, 5) is 11.9. The summed E-state index contributed by atoms with van der Waals surface area (Å²) in [7, 11) is 1.61. The van der Waals surface area contributed by atoms with Gasteiger partial charge in [0.25, 0.3) is 0 Å². The van der Waals surface area contributed by atoms with E-state index in [-0.39, 0.29) is 28.0 Å². The predicted molar refractivity (Wildman–Crippen MR) is 73.0 cm³/mol. The van der Waals surface area contributed by atoms with E-state index in [0.717, 1.165) is 10.6 Å². The number of hydrogen-bond donors (Lipinski definition) is 2. The van der Waals surface area contributed by atoms with E-state index < -0.39 is 11.6 Å². The number of nitrogens with one attached hydrogen (secondary N) is 2. The molecule has 0 aliphatic rings. The van der Waals surface area contributed by atoms with Crippen LogP contribution in [0.2, 0.25) is 5.02 Å². The molecule has 11 heteroatoms. The van der Waals surface area contributed by atoms with Crippen LogP contribution in [-0.4, -0.2) is 27.1 Å². The zero-order chi connectivity index (χ0) is 15.7. The van der Waals surface area contributed by atoms with E-state index in [2.05, 4.69) is 35.5 Å². The van der Waals surface area contributed by atoms with E-state index in [9.17, 15) is 9.18 Å². The third kappa shape index (κ3) is 2.34. The van der Waals surface area contributed by atoms with Gasteiger partial charge in [-0.05, 0) is 28.5 Å². The zero-order valence-electron chi connectivity index (χ0n) is 11.0. The van der Waals surface area contributed by atoms with Crippen molar-refractivity contribution in [3.8, 4) is 17.2 Å². The number of benzene rings is 1. The molecule has 3 rings (SSSR count). The van der Waals surface area contributed by atoms with Gasteiger partial charge in [-0.25, -0.2) is 23.8 Å². The fourth-order valence-electron chi connectivity index (χ4n) is 1.79. The third-order valence-corrected chi connectivity index (χ3v) is 3.00. The SMILES string of the molecule is CNNc1nonc1-c1noc(=O)n1-c1ccc(F)c(Cl)c1. The summed E-state index contributed by atoms with van der Waals surface area (Å²) in [6.45, 7) is 0. The standard InChI is InChI=1S/C11H8ClFN6O3/c1-14-15-9-8(16-22-17-9)10-18-21-11(20)19(10)5-2-3-7(13)6(12)4-5/h2-4,14H,1H3,(H,15,17). The first kappa shape index (κ1) is 14.2. The van der Waals surface area contributed by atoms with Crippen molar-refractivity contribution in [2.45, 2.75) is 0 Å². The first-order valence-electron chi connectivity index (χ1n) is 5.91. The van der Waals surface area contributed by atoms with Crippen LogP contribution in [0.15, 0.2) is 32.1 Å². The van der Waals surface area contributed by atoms with Crippen LogP contribution in [0.1, 0.15) is 0 Å². The molecule has 0 saturated carbocycles. The van der Waals surface area contributed by atoms with Gasteiger partial charge >= 0.3 is 5.76 Å². The Bertz CT molecular complexity index is 873. The summed E-state index contributed by atoms with van der Waals surface area (Å²) in [6, 6.07) is 3.73. The van der Waals surface area contributed by atoms with Crippen LogP contribution in [0, 0.1) is 5.82 Å². The Morgan fingerprint density at radius 3 is 2.86 bits per heavy atom. The topological polar surface area (TPSA) is 111 Å². The molecule has 0 amide bonds. The minimum Gasteiger partial charge on any atom is -0.301 e. The molecule has 0 aliphatic heterocycles. The monoisotopic (exact) mass is 326 g/mol. The number of hydrogen-bond acceptors (Lipinski definition) is 8. The molecule has 0 atom stereocenters. The van der Waals surface area contributed by atoms with E-state index in [4.69, 9.17) is 11.6 Å². The lowest BCUT2D eigenvalue weighted by atomic mass is 10.3. The minimum absolute atomic E-state index is 0.0201. The Labute approximate surface area is 126 Å². The van der Waals surface area contributed by atoms with E-state index >= 15 is 0 Å². The highest BCUT2D eigenvalue weighted by Crippen LogP contribution is 2.25. The van der Waals surface area contributed by atoms with Gasteiger partial charge in [-0.3, -0.25) is 4.52 Å². The molecular formula is C11H8ClFN6O3. The number of nitrogens with zero attached hydrogens (tertiary/aromatic N) is 4. The molecular weight excluding hydrogens is 319 g/mol. The summed E-state index contributed by atoms with van der Waals surface area (Å²) < 4.78 is 23.6. The predicted octanol–water partition coefficient (Wildman–Crippen LogP) is 1.21. The molecule has 2 aromatic heterocycles. The van der Waals surface area contributed by atoms with E-state index in [1.165, 1.54) is 12.1 Å². The van der Waals surface area contributed by atoms with Crippen LogP contribution in [0.25, 0.3) is 17.2 Å². The van der Waals surface area contributed by atoms with Gasteiger partial charge in [-0.15, -0.1) is 0 Å². The van der Waals surface area contributed by atoms with Crippen LogP contribution in [0.3, 0.4) is 0 Å². The van der Waals surface area contributed by atoms with Crippen LogP contribution >= 0.6 is 11.6 Å². The molecule has 2 N–H and O–H groups in total. The smallest absolute Gasteiger partial charge is 0.301 e. The Morgan fingerprint density at radius 2 is 2.14 bits per heavy atom. The highest BCUT2D eigenvalue weighted by atomic mass is 35.5. The molecule has 22 heavy (non-hydrogen) atoms. The molecule has 0 bridgehead atoms. The maximum atomic E-state index is 13.3. The molecule has 114 valence electrons. The molecule has 9 nitrogen and oxygen atoms in total. The van der Waals surface area contributed by atoms with Crippen molar-refractivity contribution < 1.29 is 13.5 Å². The Kier molecular flexibility index (Phi) is 3.61. The average molecular weight is 327 g/mol. The van der Waals surface area contributed by atoms with Crippen molar-refractivity contribution >= 4 is 17.4 Å². The minimum atomic E-state index is -0.795. The number of halogens is 2. The Morgan fingerprint density at radius 1 is 1.32 bits per heavy atom. The van der Waals surface area contributed by atoms with E-state index in [1.807, 2.05) is 0 Å². The van der Waals surface area contributed by atoms with Crippen LogP contribution in [-0.2, 0) is 0 Å². The highest BCUT2D eigenvalue weighted by Gasteiger charge is 2.22. The Balaban J connectivity index is 2.17. The molecule has 0 unspecified atom stereocenters. The largest absolute Gasteiger partial charge is 0.446 e. The highest BCUT2D eigenvalue weighted by molar-refractivity contribution is 6.30. The first-order chi connectivity index (χ1) is 10.6. The maximum Gasteiger partial charge on any atom is 0.446 e. The second-order valence-corrected chi connectivity index (χ2v) is 4.45. The van der Waals surface area contributed by atoms with Crippen LogP contribution < -0.4 is 16.6 Å². The fraction of sp³-hybridized carbons (Fsp3) is 0.0909. The average Bonchev–Trinajstić information content (AvgIpc) is 3.09. The number of anilines is 1. The third-order valence-electron chi connectivity index (χ3n) is 2.71. The second kappa shape index (κ2) is 5.58.